The van der Waals surface area contributed by atoms with Crippen LogP contribution in [0.5, 0.6) is 0 Å². The van der Waals surface area contributed by atoms with Crippen LogP contribution in [0.4, 0.5) is 0 Å². The van der Waals surface area contributed by atoms with Crippen LogP contribution in [-0.4, -0.2) is 12.3 Å². The SMILES string of the molecule is C[C@H]1CC(=O)CC[C@@H]1CN. The molecule has 0 amide bonds. The fourth-order valence-electron chi connectivity index (χ4n) is 1.61. The first kappa shape index (κ1) is 7.73. The van der Waals surface area contributed by atoms with Gasteiger partial charge >= 0.3 is 0 Å². The number of hydrogen-bond acceptors (Lipinski definition) is 2. The van der Waals surface area contributed by atoms with E-state index in [-0.39, 0.29) is 0 Å². The second-order valence-corrected chi connectivity index (χ2v) is 3.25. The van der Waals surface area contributed by atoms with Gasteiger partial charge in [-0.05, 0) is 24.8 Å². The number of carbonyl (C=O) groups is 1. The average Bonchev–Trinajstić information content (AvgIpc) is 1.88. The second kappa shape index (κ2) is 3.15. The van der Waals surface area contributed by atoms with Crippen molar-refractivity contribution in [1.82, 2.24) is 0 Å². The number of ketones is 1. The van der Waals surface area contributed by atoms with Crippen LogP contribution in [0, 0.1) is 11.8 Å². The van der Waals surface area contributed by atoms with E-state index in [0.717, 1.165) is 25.8 Å². The van der Waals surface area contributed by atoms with Crippen molar-refractivity contribution in [2.45, 2.75) is 26.2 Å². The van der Waals surface area contributed by atoms with Crippen molar-refractivity contribution in [2.75, 3.05) is 6.54 Å². The molecule has 58 valence electrons. The molecule has 1 aliphatic carbocycles. The van der Waals surface area contributed by atoms with Crippen LogP contribution in [-0.2, 0) is 4.79 Å². The highest BCUT2D eigenvalue weighted by Gasteiger charge is 2.24. The fraction of sp³-hybridized carbons (Fsp3) is 0.875. The maximum Gasteiger partial charge on any atom is 0.133 e. The van der Waals surface area contributed by atoms with Gasteiger partial charge in [0.15, 0.2) is 0 Å². The molecular formula is C8H15NO. The summed E-state index contributed by atoms with van der Waals surface area (Å²) < 4.78 is 0. The number of Topliss-reactive ketones (excluding diaryl/α,β-unsaturated/α-hetero) is 1. The van der Waals surface area contributed by atoms with Gasteiger partial charge in [0.1, 0.15) is 5.78 Å². The van der Waals surface area contributed by atoms with E-state index in [2.05, 4.69) is 6.92 Å². The molecule has 1 aliphatic rings. The molecule has 2 heteroatoms. The highest BCUT2D eigenvalue weighted by Crippen LogP contribution is 2.26. The molecule has 10 heavy (non-hydrogen) atoms. The van der Waals surface area contributed by atoms with Crippen LogP contribution in [0.2, 0.25) is 0 Å². The molecule has 0 aromatic rings. The lowest BCUT2D eigenvalue weighted by atomic mass is 9.80. The molecule has 1 saturated carbocycles. The summed E-state index contributed by atoms with van der Waals surface area (Å²) in [5, 5.41) is 0. The molecule has 0 spiro atoms. The third-order valence-electron chi connectivity index (χ3n) is 2.45. The molecular weight excluding hydrogens is 126 g/mol. The van der Waals surface area contributed by atoms with Gasteiger partial charge < -0.3 is 5.73 Å². The van der Waals surface area contributed by atoms with Gasteiger partial charge in [0, 0.05) is 12.8 Å². The van der Waals surface area contributed by atoms with Crippen molar-refractivity contribution in [1.29, 1.82) is 0 Å². The molecule has 1 rings (SSSR count). The van der Waals surface area contributed by atoms with E-state index in [1.54, 1.807) is 0 Å². The Kier molecular flexibility index (Phi) is 2.44. The maximum atomic E-state index is 10.9. The third kappa shape index (κ3) is 1.57. The highest BCUT2D eigenvalue weighted by atomic mass is 16.1. The van der Waals surface area contributed by atoms with Gasteiger partial charge in [-0.3, -0.25) is 4.79 Å². The first-order valence-corrected chi connectivity index (χ1v) is 3.95. The third-order valence-corrected chi connectivity index (χ3v) is 2.45. The normalized spacial score (nSPS) is 34.4. The van der Waals surface area contributed by atoms with Crippen LogP contribution >= 0.6 is 0 Å². The minimum atomic E-state index is 0.414. The second-order valence-electron chi connectivity index (χ2n) is 3.25. The summed E-state index contributed by atoms with van der Waals surface area (Å²) >= 11 is 0. The average molecular weight is 141 g/mol. The van der Waals surface area contributed by atoms with Crippen molar-refractivity contribution in [3.8, 4) is 0 Å². The van der Waals surface area contributed by atoms with Crippen molar-refractivity contribution in [3.05, 3.63) is 0 Å². The Hall–Kier alpha value is -0.370. The fourth-order valence-corrected chi connectivity index (χ4v) is 1.61. The lowest BCUT2D eigenvalue weighted by Gasteiger charge is -2.26. The maximum absolute atomic E-state index is 10.9. The summed E-state index contributed by atoms with van der Waals surface area (Å²) in [7, 11) is 0. The molecule has 2 atom stereocenters. The number of hydrogen-bond donors (Lipinski definition) is 1. The van der Waals surface area contributed by atoms with Gasteiger partial charge in [0.05, 0.1) is 0 Å². The van der Waals surface area contributed by atoms with Crippen molar-refractivity contribution in [3.63, 3.8) is 0 Å². The summed E-state index contributed by atoms with van der Waals surface area (Å²) in [5.41, 5.74) is 5.53. The largest absolute Gasteiger partial charge is 0.330 e. The molecule has 0 aromatic carbocycles. The Bertz CT molecular complexity index is 133. The van der Waals surface area contributed by atoms with Crippen LogP contribution < -0.4 is 5.73 Å². The number of nitrogens with two attached hydrogens (primary N) is 1. The minimum absolute atomic E-state index is 0.414. The van der Waals surface area contributed by atoms with Crippen molar-refractivity contribution < 1.29 is 4.79 Å². The molecule has 0 radical (unpaired) electrons. The smallest absolute Gasteiger partial charge is 0.133 e. The van der Waals surface area contributed by atoms with Gasteiger partial charge in [-0.15, -0.1) is 0 Å². The summed E-state index contributed by atoms with van der Waals surface area (Å²) in [6, 6.07) is 0. The van der Waals surface area contributed by atoms with Gasteiger partial charge in [0.2, 0.25) is 0 Å². The van der Waals surface area contributed by atoms with Gasteiger partial charge in [-0.1, -0.05) is 6.92 Å². The van der Waals surface area contributed by atoms with E-state index in [1.165, 1.54) is 0 Å². The minimum Gasteiger partial charge on any atom is -0.330 e. The highest BCUT2D eigenvalue weighted by molar-refractivity contribution is 5.79. The van der Waals surface area contributed by atoms with Crippen molar-refractivity contribution in [2.24, 2.45) is 17.6 Å². The van der Waals surface area contributed by atoms with E-state index in [0.29, 0.717) is 17.6 Å². The summed E-state index contributed by atoms with van der Waals surface area (Å²) in [6.45, 7) is 2.86. The Labute approximate surface area is 61.8 Å². The quantitative estimate of drug-likeness (QED) is 0.590. The van der Waals surface area contributed by atoms with Crippen LogP contribution in [0.15, 0.2) is 0 Å². The first-order chi connectivity index (χ1) is 4.74. The van der Waals surface area contributed by atoms with Crippen LogP contribution in [0.25, 0.3) is 0 Å². The predicted molar refractivity (Wildman–Crippen MR) is 40.6 cm³/mol. The lowest BCUT2D eigenvalue weighted by molar-refractivity contribution is -0.122. The van der Waals surface area contributed by atoms with Crippen molar-refractivity contribution >= 4 is 5.78 Å². The van der Waals surface area contributed by atoms with E-state index in [1.807, 2.05) is 0 Å². The molecule has 0 aliphatic heterocycles. The Morgan fingerprint density at radius 3 is 2.90 bits per heavy atom. The van der Waals surface area contributed by atoms with Crippen LogP contribution in [0.3, 0.4) is 0 Å². The van der Waals surface area contributed by atoms with E-state index >= 15 is 0 Å². The lowest BCUT2D eigenvalue weighted by Crippen LogP contribution is -2.28. The summed E-state index contributed by atoms with van der Waals surface area (Å²) in [6.07, 6.45) is 2.52. The Balaban J connectivity index is 2.43. The molecule has 0 saturated heterocycles. The first-order valence-electron chi connectivity index (χ1n) is 3.95. The zero-order chi connectivity index (χ0) is 7.56. The predicted octanol–water partition coefficient (Wildman–Crippen LogP) is 0.950. The van der Waals surface area contributed by atoms with E-state index < -0.39 is 0 Å². The molecule has 0 unspecified atom stereocenters. The van der Waals surface area contributed by atoms with Crippen LogP contribution in [0.1, 0.15) is 26.2 Å². The van der Waals surface area contributed by atoms with Gasteiger partial charge in [-0.25, -0.2) is 0 Å². The molecule has 0 bridgehead atoms. The van der Waals surface area contributed by atoms with E-state index in [9.17, 15) is 4.79 Å². The molecule has 2 nitrogen and oxygen atoms in total. The molecule has 0 heterocycles. The zero-order valence-electron chi connectivity index (χ0n) is 6.47. The summed E-state index contributed by atoms with van der Waals surface area (Å²) in [4.78, 5) is 10.9. The monoisotopic (exact) mass is 141 g/mol. The number of rotatable bonds is 1. The van der Waals surface area contributed by atoms with Gasteiger partial charge in [-0.2, -0.15) is 0 Å². The zero-order valence-corrected chi connectivity index (χ0v) is 6.47. The molecule has 2 N–H and O–H groups in total. The standard InChI is InChI=1S/C8H15NO/c1-6-4-8(10)3-2-7(6)5-9/h6-7H,2-5,9H2,1H3/t6-,7+/m0/s1. The Morgan fingerprint density at radius 2 is 2.40 bits per heavy atom. The molecule has 0 aromatic heterocycles. The van der Waals surface area contributed by atoms with Gasteiger partial charge in [0.25, 0.3) is 0 Å². The molecule has 1 fully saturated rings. The summed E-state index contributed by atoms with van der Waals surface area (Å²) in [5.74, 6) is 1.53. The van der Waals surface area contributed by atoms with E-state index in [4.69, 9.17) is 5.73 Å². The topological polar surface area (TPSA) is 43.1 Å². The Morgan fingerprint density at radius 1 is 1.70 bits per heavy atom. The number of carbonyl (C=O) groups excluding carboxylic acids is 1.